The van der Waals surface area contributed by atoms with Crippen molar-refractivity contribution >= 4 is 11.6 Å². The molecule has 4 rings (SSSR count). The summed E-state index contributed by atoms with van der Waals surface area (Å²) in [5.41, 5.74) is 1.38. The number of anilines is 1. The Morgan fingerprint density at radius 1 is 1.09 bits per heavy atom. The van der Waals surface area contributed by atoms with Crippen molar-refractivity contribution in [1.29, 1.82) is 0 Å². The minimum Gasteiger partial charge on any atom is -0.492 e. The number of para-hydroxylation sites is 3. The highest BCUT2D eigenvalue weighted by Gasteiger charge is 2.27. The van der Waals surface area contributed by atoms with Gasteiger partial charge in [0, 0.05) is 13.0 Å². The molecular formula is C24H29N5O3. The zero-order chi connectivity index (χ0) is 22.5. The molecule has 0 aliphatic carbocycles. The highest BCUT2D eigenvalue weighted by molar-refractivity contribution is 5.93. The molecule has 0 bridgehead atoms. The van der Waals surface area contributed by atoms with Gasteiger partial charge in [0.1, 0.15) is 11.6 Å². The van der Waals surface area contributed by atoms with E-state index in [4.69, 9.17) is 4.74 Å². The normalized spacial score (nSPS) is 14.9. The van der Waals surface area contributed by atoms with Crippen LogP contribution in [0, 0.1) is 0 Å². The van der Waals surface area contributed by atoms with E-state index in [1.54, 1.807) is 11.6 Å². The highest BCUT2D eigenvalue weighted by Crippen LogP contribution is 2.28. The van der Waals surface area contributed by atoms with E-state index in [0.29, 0.717) is 24.6 Å². The molecule has 1 aromatic heterocycles. The molecule has 0 saturated carbocycles. The number of likely N-dealkylation sites (tertiary alicyclic amines) is 1. The number of amides is 1. The fourth-order valence-corrected chi connectivity index (χ4v) is 4.16. The number of piperidine rings is 1. The maximum Gasteiger partial charge on any atom is 0.350 e. The SMILES string of the molecule is CCOc1ccccc1NC(=O)CN1CCC(c2nn(C)c(=O)n2-c2ccccc2)CC1. The van der Waals surface area contributed by atoms with Gasteiger partial charge in [-0.3, -0.25) is 9.69 Å². The molecule has 0 unspecified atom stereocenters. The molecule has 8 heteroatoms. The van der Waals surface area contributed by atoms with E-state index in [1.807, 2.05) is 61.5 Å². The van der Waals surface area contributed by atoms with E-state index < -0.39 is 0 Å². The number of hydrogen-bond acceptors (Lipinski definition) is 5. The van der Waals surface area contributed by atoms with E-state index in [0.717, 1.165) is 37.4 Å². The third-order valence-corrected chi connectivity index (χ3v) is 5.74. The summed E-state index contributed by atoms with van der Waals surface area (Å²) in [5.74, 6) is 1.58. The van der Waals surface area contributed by atoms with Crippen molar-refractivity contribution in [1.82, 2.24) is 19.2 Å². The molecule has 1 saturated heterocycles. The Morgan fingerprint density at radius 3 is 2.50 bits per heavy atom. The molecule has 1 aliphatic heterocycles. The Morgan fingerprint density at radius 2 is 1.78 bits per heavy atom. The lowest BCUT2D eigenvalue weighted by molar-refractivity contribution is -0.117. The zero-order valence-corrected chi connectivity index (χ0v) is 18.5. The van der Waals surface area contributed by atoms with Crippen LogP contribution in [0.25, 0.3) is 5.69 Å². The molecule has 2 heterocycles. The van der Waals surface area contributed by atoms with Crippen molar-refractivity contribution in [2.24, 2.45) is 7.05 Å². The number of benzene rings is 2. The number of carbonyl (C=O) groups is 1. The van der Waals surface area contributed by atoms with E-state index in [-0.39, 0.29) is 17.5 Å². The van der Waals surface area contributed by atoms with Gasteiger partial charge in [-0.1, -0.05) is 30.3 Å². The fraction of sp³-hybridized carbons (Fsp3) is 0.375. The number of ether oxygens (including phenoxy) is 1. The summed E-state index contributed by atoms with van der Waals surface area (Å²) in [6.45, 7) is 4.32. The summed E-state index contributed by atoms with van der Waals surface area (Å²) < 4.78 is 8.69. The van der Waals surface area contributed by atoms with Crippen molar-refractivity contribution in [3.05, 3.63) is 70.9 Å². The van der Waals surface area contributed by atoms with Crippen molar-refractivity contribution in [2.45, 2.75) is 25.7 Å². The summed E-state index contributed by atoms with van der Waals surface area (Å²) in [7, 11) is 1.69. The Balaban J connectivity index is 1.39. The number of nitrogens with zero attached hydrogens (tertiary/aromatic N) is 4. The van der Waals surface area contributed by atoms with Gasteiger partial charge in [0.25, 0.3) is 0 Å². The van der Waals surface area contributed by atoms with Crippen molar-refractivity contribution in [3.63, 3.8) is 0 Å². The largest absolute Gasteiger partial charge is 0.492 e. The van der Waals surface area contributed by atoms with E-state index in [2.05, 4.69) is 15.3 Å². The van der Waals surface area contributed by atoms with E-state index >= 15 is 0 Å². The molecule has 0 spiro atoms. The molecule has 2 aromatic carbocycles. The molecule has 168 valence electrons. The Kier molecular flexibility index (Phi) is 6.70. The monoisotopic (exact) mass is 435 g/mol. The van der Waals surface area contributed by atoms with Crippen molar-refractivity contribution < 1.29 is 9.53 Å². The first-order valence-electron chi connectivity index (χ1n) is 11.0. The summed E-state index contributed by atoms with van der Waals surface area (Å²) >= 11 is 0. The first kappa shape index (κ1) is 21.8. The summed E-state index contributed by atoms with van der Waals surface area (Å²) in [5, 5.41) is 7.49. The van der Waals surface area contributed by atoms with Gasteiger partial charge >= 0.3 is 5.69 Å². The minimum atomic E-state index is -0.138. The quantitative estimate of drug-likeness (QED) is 0.617. The fourth-order valence-electron chi connectivity index (χ4n) is 4.16. The van der Waals surface area contributed by atoms with Crippen molar-refractivity contribution in [2.75, 3.05) is 31.6 Å². The minimum absolute atomic E-state index is 0.0605. The molecule has 1 aliphatic rings. The standard InChI is InChI=1S/C24H29N5O3/c1-3-32-21-12-8-7-11-20(21)25-22(30)17-28-15-13-18(14-16-28)23-26-27(2)24(31)29(23)19-9-5-4-6-10-19/h4-12,18H,3,13-17H2,1-2H3,(H,25,30). The predicted molar refractivity (Wildman–Crippen MR) is 123 cm³/mol. The van der Waals surface area contributed by atoms with Crippen molar-refractivity contribution in [3.8, 4) is 11.4 Å². The average Bonchev–Trinajstić information content (AvgIpc) is 3.10. The first-order chi connectivity index (χ1) is 15.6. The second-order valence-electron chi connectivity index (χ2n) is 7.96. The highest BCUT2D eigenvalue weighted by atomic mass is 16.5. The maximum atomic E-state index is 12.7. The molecule has 0 atom stereocenters. The number of carbonyl (C=O) groups excluding carboxylic acids is 1. The van der Waals surface area contributed by atoms with Crippen LogP contribution in [0.1, 0.15) is 31.5 Å². The van der Waals surface area contributed by atoms with Gasteiger partial charge in [-0.15, -0.1) is 0 Å². The lowest BCUT2D eigenvalue weighted by atomic mass is 9.95. The van der Waals surface area contributed by atoms with Gasteiger partial charge in [0.05, 0.1) is 24.5 Å². The van der Waals surface area contributed by atoms with Crippen LogP contribution >= 0.6 is 0 Å². The lowest BCUT2D eigenvalue weighted by Crippen LogP contribution is -2.39. The number of rotatable bonds is 7. The van der Waals surface area contributed by atoms with Gasteiger partial charge in [0.15, 0.2) is 0 Å². The number of aromatic nitrogens is 3. The third kappa shape index (κ3) is 4.75. The lowest BCUT2D eigenvalue weighted by Gasteiger charge is -2.31. The molecule has 1 amide bonds. The smallest absolute Gasteiger partial charge is 0.350 e. The Labute approximate surface area is 187 Å². The van der Waals surface area contributed by atoms with Crippen LogP contribution in [-0.4, -0.2) is 51.4 Å². The zero-order valence-electron chi connectivity index (χ0n) is 18.5. The Bertz CT molecular complexity index is 1110. The third-order valence-electron chi connectivity index (χ3n) is 5.74. The van der Waals surface area contributed by atoms with Gasteiger partial charge in [-0.05, 0) is 57.1 Å². The van der Waals surface area contributed by atoms with Crippen LogP contribution in [-0.2, 0) is 11.8 Å². The number of aryl methyl sites for hydroxylation is 1. The van der Waals surface area contributed by atoms with Crippen LogP contribution in [0.4, 0.5) is 5.69 Å². The van der Waals surface area contributed by atoms with E-state index in [1.165, 1.54) is 4.68 Å². The average molecular weight is 436 g/mol. The molecule has 3 aromatic rings. The Hall–Kier alpha value is -3.39. The second kappa shape index (κ2) is 9.82. The van der Waals surface area contributed by atoms with Crippen LogP contribution in [0.5, 0.6) is 5.75 Å². The first-order valence-corrected chi connectivity index (χ1v) is 11.0. The molecule has 0 radical (unpaired) electrons. The van der Waals surface area contributed by atoms with Crippen LogP contribution in [0.2, 0.25) is 0 Å². The molecule has 32 heavy (non-hydrogen) atoms. The summed E-state index contributed by atoms with van der Waals surface area (Å²) in [6.07, 6.45) is 1.68. The topological polar surface area (TPSA) is 81.4 Å². The van der Waals surface area contributed by atoms with Gasteiger partial charge in [-0.2, -0.15) is 5.10 Å². The predicted octanol–water partition coefficient (Wildman–Crippen LogP) is 2.79. The number of nitrogens with one attached hydrogen (secondary N) is 1. The molecule has 1 N–H and O–H groups in total. The van der Waals surface area contributed by atoms with Crippen LogP contribution < -0.4 is 15.7 Å². The summed E-state index contributed by atoms with van der Waals surface area (Å²) in [6, 6.07) is 17.1. The van der Waals surface area contributed by atoms with Crippen LogP contribution in [0.3, 0.4) is 0 Å². The molecular weight excluding hydrogens is 406 g/mol. The van der Waals surface area contributed by atoms with E-state index in [9.17, 15) is 9.59 Å². The van der Waals surface area contributed by atoms with Gasteiger partial charge in [0.2, 0.25) is 5.91 Å². The molecule has 8 nitrogen and oxygen atoms in total. The number of hydrogen-bond donors (Lipinski definition) is 1. The maximum absolute atomic E-state index is 12.7. The van der Waals surface area contributed by atoms with Gasteiger partial charge < -0.3 is 10.1 Å². The van der Waals surface area contributed by atoms with Crippen LogP contribution in [0.15, 0.2) is 59.4 Å². The summed E-state index contributed by atoms with van der Waals surface area (Å²) in [4.78, 5) is 27.4. The second-order valence-corrected chi connectivity index (χ2v) is 7.96. The molecule has 1 fully saturated rings. The van der Waals surface area contributed by atoms with Gasteiger partial charge in [-0.25, -0.2) is 14.0 Å².